The number of benzene rings is 2. The number of rotatable bonds is 7. The molecule has 2 aromatic rings. The van der Waals surface area contributed by atoms with Crippen molar-refractivity contribution in [2.24, 2.45) is 0 Å². The minimum Gasteiger partial charge on any atom is -0.369 e. The van der Waals surface area contributed by atoms with Gasteiger partial charge in [0, 0.05) is 24.3 Å². The molecule has 0 atom stereocenters. The maximum atomic E-state index is 13.1. The van der Waals surface area contributed by atoms with E-state index in [4.69, 9.17) is 0 Å². The van der Waals surface area contributed by atoms with E-state index in [1.165, 1.54) is 12.1 Å². The third kappa shape index (κ3) is 5.04. The van der Waals surface area contributed by atoms with Gasteiger partial charge in [-0.25, -0.2) is 0 Å². The van der Waals surface area contributed by atoms with E-state index in [1.54, 1.807) is 0 Å². The predicted octanol–water partition coefficient (Wildman–Crippen LogP) is 6.11. The van der Waals surface area contributed by atoms with Crippen molar-refractivity contribution in [2.75, 3.05) is 11.4 Å². The zero-order valence-corrected chi connectivity index (χ0v) is 16.1. The molecule has 0 amide bonds. The van der Waals surface area contributed by atoms with Gasteiger partial charge in [-0.1, -0.05) is 55.3 Å². The second-order valence-electron chi connectivity index (χ2n) is 7.02. The lowest BCUT2D eigenvalue weighted by Gasteiger charge is -2.33. The fourth-order valence-electron chi connectivity index (χ4n) is 3.08. The first-order valence-corrected chi connectivity index (χ1v) is 9.17. The number of hydrogen-bond acceptors (Lipinski definition) is 2. The molecule has 160 valence electrons. The summed E-state index contributed by atoms with van der Waals surface area (Å²) in [6, 6.07) is 11.4. The molecule has 0 radical (unpaired) electrons. The van der Waals surface area contributed by atoms with Gasteiger partial charge in [-0.15, -0.1) is 0 Å². The Balaban J connectivity index is 2.37. The van der Waals surface area contributed by atoms with Gasteiger partial charge in [0.05, 0.1) is 0 Å². The summed E-state index contributed by atoms with van der Waals surface area (Å²) in [6.45, 7) is 4.97. The molecular weight excluding hydrogens is 396 g/mol. The van der Waals surface area contributed by atoms with Gasteiger partial charge in [0.25, 0.3) is 5.60 Å². The summed E-state index contributed by atoms with van der Waals surface area (Å²) in [5, 5.41) is 9.53. The van der Waals surface area contributed by atoms with E-state index in [1.807, 2.05) is 43.0 Å². The van der Waals surface area contributed by atoms with Crippen LogP contribution in [-0.4, -0.2) is 24.0 Å². The van der Waals surface area contributed by atoms with E-state index in [9.17, 15) is 31.4 Å². The lowest BCUT2D eigenvalue weighted by atomic mass is 9.92. The summed E-state index contributed by atoms with van der Waals surface area (Å²) in [5.41, 5.74) is -3.66. The van der Waals surface area contributed by atoms with E-state index in [-0.39, 0.29) is 0 Å². The topological polar surface area (TPSA) is 23.5 Å². The van der Waals surface area contributed by atoms with Crippen molar-refractivity contribution in [2.45, 2.75) is 51.2 Å². The number of aryl methyl sites for hydroxylation is 1. The highest BCUT2D eigenvalue weighted by Crippen LogP contribution is 2.50. The zero-order valence-electron chi connectivity index (χ0n) is 16.1. The summed E-state index contributed by atoms with van der Waals surface area (Å²) >= 11 is 0. The number of halogens is 6. The van der Waals surface area contributed by atoms with Crippen LogP contribution in [-0.2, 0) is 12.1 Å². The lowest BCUT2D eigenvalue weighted by Crippen LogP contribution is -2.53. The molecule has 0 heterocycles. The van der Waals surface area contributed by atoms with Crippen molar-refractivity contribution in [1.29, 1.82) is 0 Å². The van der Waals surface area contributed by atoms with Crippen LogP contribution in [0.3, 0.4) is 0 Å². The normalized spacial score (nSPS) is 12.9. The minimum absolute atomic E-state index is 0.462. The SMILES string of the molecule is CCCCN(Cc1cccc(C)c1)c1ccc(C(O)(C(F)(F)F)C(F)(F)F)cc1. The quantitative estimate of drug-likeness (QED) is 0.547. The monoisotopic (exact) mass is 419 g/mol. The lowest BCUT2D eigenvalue weighted by molar-refractivity contribution is -0.376. The molecule has 0 bridgehead atoms. The van der Waals surface area contributed by atoms with Gasteiger partial charge in [-0.3, -0.25) is 0 Å². The van der Waals surface area contributed by atoms with E-state index in [2.05, 4.69) is 0 Å². The molecule has 0 aliphatic heterocycles. The Hall–Kier alpha value is -2.22. The van der Waals surface area contributed by atoms with Crippen molar-refractivity contribution in [3.63, 3.8) is 0 Å². The first kappa shape index (κ1) is 23.1. The molecule has 0 spiro atoms. The van der Waals surface area contributed by atoms with Crippen LogP contribution < -0.4 is 4.90 Å². The third-order valence-corrected chi connectivity index (χ3v) is 4.71. The number of nitrogens with zero attached hydrogens (tertiary/aromatic N) is 1. The molecule has 2 aromatic carbocycles. The Bertz CT molecular complexity index is 784. The standard InChI is InChI=1S/C21H23F6NO/c1-3-4-12-28(14-16-7-5-6-15(2)13-16)18-10-8-17(9-11-18)19(29,20(22,23)24)21(25,26)27/h5-11,13,29H,3-4,12,14H2,1-2H3. The van der Waals surface area contributed by atoms with Crippen LogP contribution >= 0.6 is 0 Å². The molecule has 0 aliphatic rings. The van der Waals surface area contributed by atoms with Crippen LogP contribution in [0.1, 0.15) is 36.5 Å². The fraction of sp³-hybridized carbons (Fsp3) is 0.429. The average molecular weight is 419 g/mol. The largest absolute Gasteiger partial charge is 0.430 e. The van der Waals surface area contributed by atoms with Crippen LogP contribution in [0.4, 0.5) is 32.0 Å². The predicted molar refractivity (Wildman–Crippen MR) is 99.6 cm³/mol. The number of anilines is 1. The second kappa shape index (κ2) is 8.65. The molecule has 2 nitrogen and oxygen atoms in total. The van der Waals surface area contributed by atoms with Gasteiger partial charge < -0.3 is 10.0 Å². The zero-order chi connectivity index (χ0) is 21.9. The van der Waals surface area contributed by atoms with Gasteiger partial charge in [0.2, 0.25) is 0 Å². The van der Waals surface area contributed by atoms with Crippen LogP contribution in [0.25, 0.3) is 0 Å². The van der Waals surface area contributed by atoms with Crippen LogP contribution in [0.15, 0.2) is 48.5 Å². The molecule has 2 rings (SSSR count). The minimum atomic E-state index is -5.89. The van der Waals surface area contributed by atoms with Gasteiger partial charge in [0.1, 0.15) is 0 Å². The first-order valence-electron chi connectivity index (χ1n) is 9.17. The summed E-state index contributed by atoms with van der Waals surface area (Å²) in [5.74, 6) is 0. The summed E-state index contributed by atoms with van der Waals surface area (Å²) in [6.07, 6.45) is -10.1. The van der Waals surface area contributed by atoms with Gasteiger partial charge in [-0.05, 0) is 31.0 Å². The molecule has 0 saturated carbocycles. The summed E-state index contributed by atoms with van der Waals surface area (Å²) in [4.78, 5) is 1.89. The molecule has 0 fully saturated rings. The van der Waals surface area contributed by atoms with E-state index in [0.717, 1.165) is 24.0 Å². The smallest absolute Gasteiger partial charge is 0.369 e. The summed E-state index contributed by atoms with van der Waals surface area (Å²) < 4.78 is 78.3. The van der Waals surface area contributed by atoms with Gasteiger partial charge >= 0.3 is 12.4 Å². The Labute approximate surface area is 165 Å². The molecule has 0 aromatic heterocycles. The highest BCUT2D eigenvalue weighted by molar-refractivity contribution is 5.49. The number of unbranched alkanes of at least 4 members (excludes halogenated alkanes) is 1. The number of hydrogen-bond donors (Lipinski definition) is 1. The summed E-state index contributed by atoms with van der Waals surface area (Å²) in [7, 11) is 0. The van der Waals surface area contributed by atoms with Gasteiger partial charge in [-0.2, -0.15) is 26.3 Å². The highest BCUT2D eigenvalue weighted by Gasteiger charge is 2.71. The molecule has 1 N–H and O–H groups in total. The van der Waals surface area contributed by atoms with E-state index in [0.29, 0.717) is 30.9 Å². The Morgan fingerprint density at radius 2 is 1.48 bits per heavy atom. The Morgan fingerprint density at radius 1 is 0.897 bits per heavy atom. The molecule has 0 saturated heterocycles. The van der Waals surface area contributed by atoms with Crippen LogP contribution in [0.2, 0.25) is 0 Å². The van der Waals surface area contributed by atoms with Crippen LogP contribution in [0, 0.1) is 6.92 Å². The molecule has 0 unspecified atom stereocenters. The average Bonchev–Trinajstić information content (AvgIpc) is 2.63. The molecule has 8 heteroatoms. The number of alkyl halides is 6. The van der Waals surface area contributed by atoms with E-state index >= 15 is 0 Å². The maximum absolute atomic E-state index is 13.1. The third-order valence-electron chi connectivity index (χ3n) is 4.71. The fourth-order valence-corrected chi connectivity index (χ4v) is 3.08. The van der Waals surface area contributed by atoms with Crippen molar-refractivity contribution in [1.82, 2.24) is 0 Å². The van der Waals surface area contributed by atoms with Crippen LogP contribution in [0.5, 0.6) is 0 Å². The highest BCUT2D eigenvalue weighted by atomic mass is 19.4. The number of aliphatic hydroxyl groups is 1. The van der Waals surface area contributed by atoms with Crippen molar-refractivity contribution < 1.29 is 31.4 Å². The first-order chi connectivity index (χ1) is 13.4. The molecule has 0 aliphatic carbocycles. The van der Waals surface area contributed by atoms with E-state index < -0.39 is 23.5 Å². The van der Waals surface area contributed by atoms with Crippen molar-refractivity contribution in [3.8, 4) is 0 Å². The van der Waals surface area contributed by atoms with Gasteiger partial charge in [0.15, 0.2) is 0 Å². The molecule has 29 heavy (non-hydrogen) atoms. The Kier molecular flexibility index (Phi) is 6.88. The van der Waals surface area contributed by atoms with Crippen molar-refractivity contribution in [3.05, 3.63) is 65.2 Å². The van der Waals surface area contributed by atoms with Crippen molar-refractivity contribution >= 4 is 5.69 Å². The molecular formula is C21H23F6NO. The second-order valence-corrected chi connectivity index (χ2v) is 7.02. The maximum Gasteiger partial charge on any atom is 0.430 e. The Morgan fingerprint density at radius 3 is 1.97 bits per heavy atom.